The zero-order valence-electron chi connectivity index (χ0n) is 13.8. The van der Waals surface area contributed by atoms with Crippen molar-refractivity contribution in [1.82, 2.24) is 5.32 Å². The third-order valence-corrected chi connectivity index (χ3v) is 5.87. The zero-order chi connectivity index (χ0) is 17.9. The second-order valence-electron chi connectivity index (χ2n) is 5.73. The van der Waals surface area contributed by atoms with Gasteiger partial charge in [-0.1, -0.05) is 48.2 Å². The van der Waals surface area contributed by atoms with Crippen LogP contribution in [-0.2, 0) is 0 Å². The lowest BCUT2D eigenvalue weighted by Gasteiger charge is -2.32. The molecule has 26 heavy (non-hydrogen) atoms. The van der Waals surface area contributed by atoms with E-state index < -0.39 is 0 Å². The zero-order valence-corrected chi connectivity index (χ0v) is 16.2. The normalized spacial score (nSPS) is 12.1. The van der Waals surface area contributed by atoms with E-state index in [-0.39, 0.29) is 6.03 Å². The molecule has 0 unspecified atom stereocenters. The first-order valence-electron chi connectivity index (χ1n) is 8.15. The lowest BCUT2D eigenvalue weighted by atomic mass is 10.2. The summed E-state index contributed by atoms with van der Waals surface area (Å²) in [5.41, 5.74) is 2.93. The Morgan fingerprint density at radius 3 is 2.12 bits per heavy atom. The predicted molar refractivity (Wildman–Crippen MR) is 110 cm³/mol. The van der Waals surface area contributed by atoms with Gasteiger partial charge in [0, 0.05) is 14.3 Å². The summed E-state index contributed by atoms with van der Waals surface area (Å²) in [4.78, 5) is 16.8. The minimum absolute atomic E-state index is 0.245. The Labute approximate surface area is 164 Å². The van der Waals surface area contributed by atoms with Gasteiger partial charge in [-0.15, -0.1) is 0 Å². The predicted octanol–water partition coefficient (Wildman–Crippen LogP) is 5.83. The van der Waals surface area contributed by atoms with Crippen LogP contribution < -0.4 is 15.5 Å². The van der Waals surface area contributed by atoms with Crippen molar-refractivity contribution in [2.75, 3.05) is 16.9 Å². The number of carbonyl (C=O) groups is 1. The molecule has 4 rings (SSSR count). The summed E-state index contributed by atoms with van der Waals surface area (Å²) in [6.45, 7) is 0.380. The van der Waals surface area contributed by atoms with Crippen LogP contribution in [0.2, 0.25) is 0 Å². The number of hydrogen-bond donors (Lipinski definition) is 2. The highest BCUT2D eigenvalue weighted by molar-refractivity contribution is 9.10. The summed E-state index contributed by atoms with van der Waals surface area (Å²) in [6, 6.07) is 23.7. The summed E-state index contributed by atoms with van der Waals surface area (Å²) in [6.07, 6.45) is 0. The molecule has 1 aliphatic rings. The Hall–Kier alpha value is -2.44. The van der Waals surface area contributed by atoms with Crippen molar-refractivity contribution >= 4 is 50.8 Å². The average molecular weight is 426 g/mol. The molecule has 0 fully saturated rings. The maximum absolute atomic E-state index is 12.4. The molecule has 0 saturated carbocycles. The highest BCUT2D eigenvalue weighted by Crippen LogP contribution is 2.47. The molecule has 1 aliphatic heterocycles. The second-order valence-corrected chi connectivity index (χ2v) is 7.67. The van der Waals surface area contributed by atoms with E-state index in [4.69, 9.17) is 0 Å². The number of halogens is 1. The Balaban J connectivity index is 1.53. The third-order valence-electron chi connectivity index (χ3n) is 4.05. The van der Waals surface area contributed by atoms with E-state index in [1.54, 1.807) is 11.8 Å². The van der Waals surface area contributed by atoms with Gasteiger partial charge in [-0.25, -0.2) is 4.79 Å². The van der Waals surface area contributed by atoms with Crippen molar-refractivity contribution < 1.29 is 4.79 Å². The van der Waals surface area contributed by atoms with Gasteiger partial charge in [-0.05, 0) is 52.3 Å². The maximum Gasteiger partial charge on any atom is 0.320 e. The minimum atomic E-state index is -0.245. The molecule has 3 aromatic rings. The largest absolute Gasteiger partial charge is 0.321 e. The number of nitrogens with one attached hydrogen (secondary N) is 2. The van der Waals surface area contributed by atoms with E-state index in [0.717, 1.165) is 21.5 Å². The molecule has 0 radical (unpaired) electrons. The van der Waals surface area contributed by atoms with Gasteiger partial charge in [-0.3, -0.25) is 0 Å². The molecule has 1 heterocycles. The van der Waals surface area contributed by atoms with Crippen molar-refractivity contribution in [3.8, 4) is 0 Å². The summed E-state index contributed by atoms with van der Waals surface area (Å²) in [5.74, 6) is 0. The minimum Gasteiger partial charge on any atom is -0.321 e. The van der Waals surface area contributed by atoms with E-state index in [1.807, 2.05) is 48.5 Å². The lowest BCUT2D eigenvalue weighted by molar-refractivity contribution is 0.252. The van der Waals surface area contributed by atoms with E-state index in [1.165, 1.54) is 9.79 Å². The number of benzene rings is 3. The van der Waals surface area contributed by atoms with E-state index in [2.05, 4.69) is 55.7 Å². The van der Waals surface area contributed by atoms with Crippen molar-refractivity contribution in [1.29, 1.82) is 0 Å². The summed E-state index contributed by atoms with van der Waals surface area (Å²) in [5, 5.41) is 5.82. The van der Waals surface area contributed by atoms with Crippen LogP contribution in [0.25, 0.3) is 0 Å². The number of urea groups is 1. The van der Waals surface area contributed by atoms with Gasteiger partial charge >= 0.3 is 6.03 Å². The molecule has 6 heteroatoms. The van der Waals surface area contributed by atoms with Crippen LogP contribution in [0.5, 0.6) is 0 Å². The number of fused-ring (bicyclic) bond motifs is 2. The second kappa shape index (κ2) is 7.43. The van der Waals surface area contributed by atoms with E-state index in [0.29, 0.717) is 6.67 Å². The molecule has 0 aromatic heterocycles. The fourth-order valence-electron chi connectivity index (χ4n) is 2.83. The maximum atomic E-state index is 12.4. The molecule has 4 nitrogen and oxygen atoms in total. The monoisotopic (exact) mass is 425 g/mol. The number of hydrogen-bond acceptors (Lipinski definition) is 3. The molecular weight excluding hydrogens is 410 g/mol. The Morgan fingerprint density at radius 2 is 1.46 bits per heavy atom. The van der Waals surface area contributed by atoms with Crippen LogP contribution in [0.15, 0.2) is 87.1 Å². The number of amides is 2. The van der Waals surface area contributed by atoms with Gasteiger partial charge in [0.05, 0.1) is 23.7 Å². The average Bonchev–Trinajstić information content (AvgIpc) is 2.67. The van der Waals surface area contributed by atoms with Crippen LogP contribution in [-0.4, -0.2) is 12.7 Å². The number of carbonyl (C=O) groups excluding carboxylic acids is 1. The van der Waals surface area contributed by atoms with Crippen molar-refractivity contribution in [3.05, 3.63) is 77.3 Å². The molecule has 130 valence electrons. The van der Waals surface area contributed by atoms with Crippen LogP contribution >= 0.6 is 27.7 Å². The fourth-order valence-corrected chi connectivity index (χ4v) is 4.31. The number of nitrogens with zero attached hydrogens (tertiary/aromatic N) is 1. The molecule has 0 atom stereocenters. The smallest absolute Gasteiger partial charge is 0.320 e. The quantitative estimate of drug-likeness (QED) is 0.554. The first kappa shape index (κ1) is 17.0. The van der Waals surface area contributed by atoms with Crippen molar-refractivity contribution in [2.45, 2.75) is 9.79 Å². The fraction of sp³-hybridized carbons (Fsp3) is 0.0500. The van der Waals surface area contributed by atoms with Crippen molar-refractivity contribution in [3.63, 3.8) is 0 Å². The molecule has 2 N–H and O–H groups in total. The molecule has 0 spiro atoms. The molecule has 2 amide bonds. The van der Waals surface area contributed by atoms with Crippen LogP contribution in [0, 0.1) is 0 Å². The molecule has 0 bridgehead atoms. The van der Waals surface area contributed by atoms with Gasteiger partial charge < -0.3 is 15.5 Å². The summed E-state index contributed by atoms with van der Waals surface area (Å²) in [7, 11) is 0. The molecule has 3 aromatic carbocycles. The Morgan fingerprint density at radius 1 is 0.885 bits per heavy atom. The first-order valence-corrected chi connectivity index (χ1v) is 9.76. The van der Waals surface area contributed by atoms with Gasteiger partial charge in [0.2, 0.25) is 0 Å². The Kier molecular flexibility index (Phi) is 4.86. The topological polar surface area (TPSA) is 44.4 Å². The SMILES string of the molecule is O=C(NCN1c2ccccc2Sc2ccccc21)Nc1ccccc1Br. The third kappa shape index (κ3) is 3.43. The van der Waals surface area contributed by atoms with Gasteiger partial charge in [0.1, 0.15) is 0 Å². The molecular formula is C20H16BrN3OS. The van der Waals surface area contributed by atoms with Gasteiger partial charge in [0.15, 0.2) is 0 Å². The standard InChI is InChI=1S/C20H16BrN3OS/c21-14-7-1-2-8-15(14)23-20(25)22-13-24-16-9-3-5-11-18(16)26-19-12-6-4-10-17(19)24/h1-12H,13H2,(H2,22,23,25). The van der Waals surface area contributed by atoms with Crippen LogP contribution in [0.4, 0.5) is 21.9 Å². The molecule has 0 saturated heterocycles. The van der Waals surface area contributed by atoms with Crippen LogP contribution in [0.3, 0.4) is 0 Å². The van der Waals surface area contributed by atoms with E-state index in [9.17, 15) is 4.79 Å². The Bertz CT molecular complexity index is 918. The number of para-hydroxylation sites is 3. The van der Waals surface area contributed by atoms with Crippen molar-refractivity contribution in [2.24, 2.45) is 0 Å². The van der Waals surface area contributed by atoms with E-state index >= 15 is 0 Å². The summed E-state index contributed by atoms with van der Waals surface area (Å²) >= 11 is 5.19. The highest BCUT2D eigenvalue weighted by atomic mass is 79.9. The lowest BCUT2D eigenvalue weighted by Crippen LogP contribution is -2.38. The number of rotatable bonds is 3. The highest BCUT2D eigenvalue weighted by Gasteiger charge is 2.22. The van der Waals surface area contributed by atoms with Gasteiger partial charge in [0.25, 0.3) is 0 Å². The van der Waals surface area contributed by atoms with Gasteiger partial charge in [-0.2, -0.15) is 0 Å². The molecule has 0 aliphatic carbocycles. The number of anilines is 3. The summed E-state index contributed by atoms with van der Waals surface area (Å²) < 4.78 is 0.847. The van der Waals surface area contributed by atoms with Crippen LogP contribution in [0.1, 0.15) is 0 Å². The first-order chi connectivity index (χ1) is 12.7.